The Morgan fingerprint density at radius 1 is 0.833 bits per heavy atom. The Morgan fingerprint density at radius 2 is 1.40 bits per heavy atom. The molecule has 0 aliphatic carbocycles. The zero-order chi connectivity index (χ0) is 21.7. The first-order chi connectivity index (χ1) is 14.3. The zero-order valence-electron chi connectivity index (χ0n) is 17.4. The van der Waals surface area contributed by atoms with Crippen LogP contribution in [0.15, 0.2) is 77.7 Å². The number of carbonyl (C=O) groups excluding carboxylic acids is 1. The SMILES string of the molecule is Cc1ccc(N(CC(=O)NCc2ccccc2C)S(=O)(=O)c2ccc(C)cc2)cc1. The molecule has 0 atom stereocenters. The molecule has 0 spiro atoms. The van der Waals surface area contributed by atoms with Gasteiger partial charge in [-0.15, -0.1) is 0 Å². The normalized spacial score (nSPS) is 11.2. The Kier molecular flexibility index (Phi) is 6.57. The van der Waals surface area contributed by atoms with Gasteiger partial charge in [-0.3, -0.25) is 9.10 Å². The molecule has 0 fully saturated rings. The van der Waals surface area contributed by atoms with Crippen LogP contribution >= 0.6 is 0 Å². The molecule has 0 radical (unpaired) electrons. The smallest absolute Gasteiger partial charge is 0.264 e. The molecule has 0 bridgehead atoms. The van der Waals surface area contributed by atoms with Gasteiger partial charge in [-0.05, 0) is 56.2 Å². The Balaban J connectivity index is 1.86. The summed E-state index contributed by atoms with van der Waals surface area (Å²) in [6.07, 6.45) is 0. The highest BCUT2D eigenvalue weighted by atomic mass is 32.2. The van der Waals surface area contributed by atoms with Gasteiger partial charge in [-0.2, -0.15) is 0 Å². The number of anilines is 1. The average molecular weight is 423 g/mol. The van der Waals surface area contributed by atoms with Crippen LogP contribution in [0.4, 0.5) is 5.69 Å². The van der Waals surface area contributed by atoms with E-state index in [-0.39, 0.29) is 17.3 Å². The Labute approximate surface area is 178 Å². The first-order valence-electron chi connectivity index (χ1n) is 9.74. The summed E-state index contributed by atoms with van der Waals surface area (Å²) < 4.78 is 27.8. The summed E-state index contributed by atoms with van der Waals surface area (Å²) in [5.41, 5.74) is 4.49. The highest BCUT2D eigenvalue weighted by Crippen LogP contribution is 2.24. The lowest BCUT2D eigenvalue weighted by atomic mass is 10.1. The van der Waals surface area contributed by atoms with E-state index in [2.05, 4.69) is 5.32 Å². The number of rotatable bonds is 7. The molecule has 0 unspecified atom stereocenters. The van der Waals surface area contributed by atoms with E-state index in [0.29, 0.717) is 12.2 Å². The molecule has 1 amide bonds. The summed E-state index contributed by atoms with van der Waals surface area (Å²) in [5.74, 6) is -0.366. The summed E-state index contributed by atoms with van der Waals surface area (Å²) in [5, 5.41) is 2.84. The molecule has 0 aromatic heterocycles. The van der Waals surface area contributed by atoms with Crippen molar-refractivity contribution in [2.75, 3.05) is 10.8 Å². The molecule has 3 aromatic carbocycles. The van der Waals surface area contributed by atoms with Gasteiger partial charge in [-0.25, -0.2) is 8.42 Å². The quantitative estimate of drug-likeness (QED) is 0.623. The van der Waals surface area contributed by atoms with Gasteiger partial charge >= 0.3 is 0 Å². The van der Waals surface area contributed by atoms with Crippen molar-refractivity contribution < 1.29 is 13.2 Å². The molecule has 30 heavy (non-hydrogen) atoms. The van der Waals surface area contributed by atoms with Crippen LogP contribution in [0.2, 0.25) is 0 Å². The number of amides is 1. The molecule has 0 saturated carbocycles. The van der Waals surface area contributed by atoms with Crippen LogP contribution in [-0.4, -0.2) is 20.9 Å². The summed E-state index contributed by atoms with van der Waals surface area (Å²) in [6, 6.07) is 21.5. The van der Waals surface area contributed by atoms with Crippen molar-refractivity contribution in [3.05, 3.63) is 95.1 Å². The maximum atomic E-state index is 13.3. The second-order valence-corrected chi connectivity index (χ2v) is 9.23. The van der Waals surface area contributed by atoms with Gasteiger partial charge in [-0.1, -0.05) is 59.7 Å². The van der Waals surface area contributed by atoms with E-state index in [1.54, 1.807) is 36.4 Å². The van der Waals surface area contributed by atoms with Crippen molar-refractivity contribution in [3.63, 3.8) is 0 Å². The topological polar surface area (TPSA) is 66.5 Å². The van der Waals surface area contributed by atoms with Crippen molar-refractivity contribution >= 4 is 21.6 Å². The lowest BCUT2D eigenvalue weighted by Gasteiger charge is -2.24. The number of hydrogen-bond donors (Lipinski definition) is 1. The molecule has 0 heterocycles. The Hall–Kier alpha value is -3.12. The molecular formula is C24H26N2O3S. The van der Waals surface area contributed by atoms with Crippen LogP contribution in [0, 0.1) is 20.8 Å². The lowest BCUT2D eigenvalue weighted by molar-refractivity contribution is -0.119. The summed E-state index contributed by atoms with van der Waals surface area (Å²) in [4.78, 5) is 12.8. The third-order valence-corrected chi connectivity index (χ3v) is 6.74. The van der Waals surface area contributed by atoms with Gasteiger partial charge in [0.25, 0.3) is 10.0 Å². The van der Waals surface area contributed by atoms with Crippen molar-refractivity contribution in [1.82, 2.24) is 5.32 Å². The van der Waals surface area contributed by atoms with Gasteiger partial charge in [0.15, 0.2) is 0 Å². The molecule has 0 aliphatic rings. The second-order valence-electron chi connectivity index (χ2n) is 7.36. The van der Waals surface area contributed by atoms with Crippen LogP contribution in [0.1, 0.15) is 22.3 Å². The largest absolute Gasteiger partial charge is 0.350 e. The molecule has 3 rings (SSSR count). The molecular weight excluding hydrogens is 396 g/mol. The first-order valence-corrected chi connectivity index (χ1v) is 11.2. The van der Waals surface area contributed by atoms with Crippen molar-refractivity contribution in [2.45, 2.75) is 32.2 Å². The van der Waals surface area contributed by atoms with Crippen LogP contribution in [0.3, 0.4) is 0 Å². The number of sulfonamides is 1. The van der Waals surface area contributed by atoms with E-state index >= 15 is 0 Å². The number of aryl methyl sites for hydroxylation is 3. The van der Waals surface area contributed by atoms with Crippen LogP contribution in [0.25, 0.3) is 0 Å². The van der Waals surface area contributed by atoms with E-state index in [1.165, 1.54) is 0 Å². The van der Waals surface area contributed by atoms with Gasteiger partial charge in [0, 0.05) is 6.54 Å². The van der Waals surface area contributed by atoms with Crippen LogP contribution in [0.5, 0.6) is 0 Å². The van der Waals surface area contributed by atoms with Crippen molar-refractivity contribution in [3.8, 4) is 0 Å². The van der Waals surface area contributed by atoms with Crippen molar-refractivity contribution in [2.24, 2.45) is 0 Å². The number of benzene rings is 3. The number of hydrogen-bond acceptors (Lipinski definition) is 3. The van der Waals surface area contributed by atoms with E-state index < -0.39 is 10.0 Å². The minimum absolute atomic E-state index is 0.153. The maximum absolute atomic E-state index is 13.3. The fraction of sp³-hybridized carbons (Fsp3) is 0.208. The predicted octanol–water partition coefficient (Wildman–Crippen LogP) is 4.12. The molecule has 1 N–H and O–H groups in total. The van der Waals surface area contributed by atoms with E-state index in [9.17, 15) is 13.2 Å². The summed E-state index contributed by atoms with van der Waals surface area (Å²) in [6.45, 7) is 5.84. The van der Waals surface area contributed by atoms with Crippen LogP contribution in [-0.2, 0) is 21.4 Å². The molecule has 3 aromatic rings. The Morgan fingerprint density at radius 3 is 2.00 bits per heavy atom. The lowest BCUT2D eigenvalue weighted by Crippen LogP contribution is -2.40. The van der Waals surface area contributed by atoms with Crippen molar-refractivity contribution in [1.29, 1.82) is 0 Å². The van der Waals surface area contributed by atoms with Gasteiger partial charge in [0.2, 0.25) is 5.91 Å². The third-order valence-electron chi connectivity index (χ3n) is 4.96. The fourth-order valence-corrected chi connectivity index (χ4v) is 4.47. The van der Waals surface area contributed by atoms with Crippen LogP contribution < -0.4 is 9.62 Å². The number of carbonyl (C=O) groups is 1. The molecule has 0 saturated heterocycles. The molecule has 6 heteroatoms. The molecule has 156 valence electrons. The third kappa shape index (κ3) is 5.07. The maximum Gasteiger partial charge on any atom is 0.264 e. The predicted molar refractivity (Wildman–Crippen MR) is 120 cm³/mol. The monoisotopic (exact) mass is 422 g/mol. The highest BCUT2D eigenvalue weighted by Gasteiger charge is 2.27. The number of nitrogens with one attached hydrogen (secondary N) is 1. The number of nitrogens with zero attached hydrogens (tertiary/aromatic N) is 1. The molecule has 0 aliphatic heterocycles. The minimum atomic E-state index is -3.90. The second kappa shape index (κ2) is 9.13. The summed E-state index contributed by atoms with van der Waals surface area (Å²) >= 11 is 0. The minimum Gasteiger partial charge on any atom is -0.350 e. The first kappa shape index (κ1) is 21.6. The fourth-order valence-electron chi connectivity index (χ4n) is 3.05. The Bertz CT molecular complexity index is 1120. The zero-order valence-corrected chi connectivity index (χ0v) is 18.2. The standard InChI is InChI=1S/C24H26N2O3S/c1-18-8-12-22(13-9-18)26(30(28,29)23-14-10-19(2)11-15-23)17-24(27)25-16-21-7-5-4-6-20(21)3/h4-15H,16-17H2,1-3H3,(H,25,27). The average Bonchev–Trinajstić information content (AvgIpc) is 2.72. The molecule has 5 nitrogen and oxygen atoms in total. The van der Waals surface area contributed by atoms with E-state index in [1.807, 2.05) is 57.2 Å². The highest BCUT2D eigenvalue weighted by molar-refractivity contribution is 7.92. The van der Waals surface area contributed by atoms with Gasteiger partial charge in [0.1, 0.15) is 6.54 Å². The van der Waals surface area contributed by atoms with E-state index in [0.717, 1.165) is 26.6 Å². The van der Waals surface area contributed by atoms with Gasteiger partial charge in [0.05, 0.1) is 10.6 Å². The van der Waals surface area contributed by atoms with Gasteiger partial charge < -0.3 is 5.32 Å². The summed E-state index contributed by atoms with van der Waals surface area (Å²) in [7, 11) is -3.90. The van der Waals surface area contributed by atoms with E-state index in [4.69, 9.17) is 0 Å².